The maximum absolute atomic E-state index is 13.7. The van der Waals surface area contributed by atoms with Crippen LogP contribution < -0.4 is 75.7 Å². The van der Waals surface area contributed by atoms with Crippen LogP contribution in [0.5, 0.6) is 0 Å². The van der Waals surface area contributed by atoms with Crippen LogP contribution in [0.1, 0.15) is 80.1 Å². The molecule has 13 amide bonds. The van der Waals surface area contributed by atoms with Gasteiger partial charge < -0.3 is 111 Å². The van der Waals surface area contributed by atoms with Gasteiger partial charge in [0.15, 0.2) is 0 Å². The predicted octanol–water partition coefficient (Wildman–Crippen LogP) is -11.4. The number of rotatable bonds is 39. The van der Waals surface area contributed by atoms with Gasteiger partial charge in [-0.15, -0.1) is 0 Å². The minimum atomic E-state index is -2.07. The minimum absolute atomic E-state index is 0.444. The van der Waals surface area contributed by atoms with E-state index >= 15 is 0 Å². The molecule has 0 fully saturated rings. The Morgan fingerprint density at radius 1 is 0.353 bits per heavy atom. The number of hydrogen-bond donors (Lipinski definition) is 23. The fourth-order valence-electron chi connectivity index (χ4n) is 6.94. The Morgan fingerprint density at radius 2 is 0.612 bits per heavy atom. The normalized spacial score (nSPS) is 16.7. The molecule has 480 valence electrons. The number of nitrogens with two attached hydrogens (primary N) is 3. The van der Waals surface area contributed by atoms with E-state index in [2.05, 4.69) is 73.1 Å². The molecular formula is C46H76N14O23S2. The number of primary amides is 2. The molecule has 0 radical (unpaired) electrons. The predicted molar refractivity (Wildman–Crippen MR) is 294 cm³/mol. The van der Waals surface area contributed by atoms with E-state index in [0.29, 0.717) is 0 Å². The largest absolute Gasteiger partial charge is 0.481 e. The SMILES string of the molecule is C[C@H](N)C(=O)N[C@H](C(=O)N[C@H](C(=O)N[C@@H](CCC(=O)O)C(=O)N[C@@H](CC(N)=O)C(=O)N[C@@H](CS)C(=O)N[C@@H](C)C(=O)N[C@H](C(=O)N[C@H](C(=O)N[C@@H](CCC(=O)O)C(=O)N[C@@H](CC(N)=O)C(=O)N[C@@H](CS)C(=O)O)[C@@H](C)O)[C@@H](C)O)[C@@H](C)O)[C@@H](C)O. The zero-order valence-electron chi connectivity index (χ0n) is 46.7. The highest BCUT2D eigenvalue weighted by Crippen LogP contribution is 2.09. The van der Waals surface area contributed by atoms with E-state index in [9.17, 15) is 112 Å². The summed E-state index contributed by atoms with van der Waals surface area (Å²) in [6.07, 6.45) is -12.1. The summed E-state index contributed by atoms with van der Waals surface area (Å²) < 4.78 is 0. The second-order valence-corrected chi connectivity index (χ2v) is 19.9. The van der Waals surface area contributed by atoms with Gasteiger partial charge in [0, 0.05) is 24.3 Å². The number of aliphatic hydroxyl groups is 4. The van der Waals surface area contributed by atoms with Crippen molar-refractivity contribution >= 4 is 120 Å². The highest BCUT2D eigenvalue weighted by atomic mass is 32.1. The molecule has 0 rings (SSSR count). The first kappa shape index (κ1) is 77.0. The van der Waals surface area contributed by atoms with Crippen molar-refractivity contribution in [3.8, 4) is 0 Å². The minimum Gasteiger partial charge on any atom is -0.481 e. The topological polar surface area (TPSA) is 625 Å². The number of hydrogen-bond acceptors (Lipinski definition) is 23. The van der Waals surface area contributed by atoms with Crippen molar-refractivity contribution < 1.29 is 112 Å². The van der Waals surface area contributed by atoms with Gasteiger partial charge in [-0.05, 0) is 54.4 Å². The third kappa shape index (κ3) is 28.0. The number of carbonyl (C=O) groups is 16. The van der Waals surface area contributed by atoms with Gasteiger partial charge in [0.05, 0.1) is 43.3 Å². The van der Waals surface area contributed by atoms with Crippen LogP contribution in [-0.4, -0.2) is 239 Å². The molecule has 0 spiro atoms. The fourth-order valence-corrected chi connectivity index (χ4v) is 7.44. The van der Waals surface area contributed by atoms with Crippen molar-refractivity contribution in [1.29, 1.82) is 0 Å². The maximum Gasteiger partial charge on any atom is 0.327 e. The molecule has 0 heterocycles. The summed E-state index contributed by atoms with van der Waals surface area (Å²) in [5.41, 5.74) is 16.0. The Kier molecular flexibility index (Phi) is 33.8. The van der Waals surface area contributed by atoms with Crippen molar-refractivity contribution in [3.63, 3.8) is 0 Å². The Bertz CT molecular complexity index is 2450. The molecule has 37 nitrogen and oxygen atoms in total. The molecule has 0 aliphatic heterocycles. The first-order valence-electron chi connectivity index (χ1n) is 25.6. The molecule has 0 aliphatic rings. The summed E-state index contributed by atoms with van der Waals surface area (Å²) in [6, 6.07) is -21.7. The molecule has 0 saturated carbocycles. The second-order valence-electron chi connectivity index (χ2n) is 19.2. The average Bonchev–Trinajstić information content (AvgIpc) is 3.62. The molecule has 0 aliphatic carbocycles. The van der Waals surface area contributed by atoms with Gasteiger partial charge in [-0.25, -0.2) is 4.79 Å². The second kappa shape index (κ2) is 37.4. The molecule has 0 unspecified atom stereocenters. The highest BCUT2D eigenvalue weighted by Gasteiger charge is 2.39. The van der Waals surface area contributed by atoms with E-state index in [1.165, 1.54) is 6.92 Å². The molecule has 16 atom stereocenters. The third-order valence-electron chi connectivity index (χ3n) is 11.7. The summed E-state index contributed by atoms with van der Waals surface area (Å²) in [7, 11) is 0. The number of amides is 13. The van der Waals surface area contributed by atoms with Crippen LogP contribution in [0.2, 0.25) is 0 Å². The van der Waals surface area contributed by atoms with Gasteiger partial charge in [0.2, 0.25) is 76.8 Å². The zero-order valence-corrected chi connectivity index (χ0v) is 48.5. The van der Waals surface area contributed by atoms with Crippen LogP contribution in [0.15, 0.2) is 0 Å². The van der Waals surface area contributed by atoms with E-state index in [-0.39, 0.29) is 0 Å². The standard InChI is InChI=1S/C46H76N14O23S2/c1-15(47)35(71)57-33(19(5)63)44(80)59-31(17(3)61)42(78)51-21(7-9-29(67)68)37(73)53-23(11-27(48)65)39(75)55-25(13-84)41(77)50-16(2)36(72)58-34(20(6)64)45(81)60-32(18(4)62)43(79)52-22(8-10-30(69)70)38(74)54-24(12-28(49)66)40(76)56-26(14-85)46(82)83/h15-26,31-34,61-64,84-85H,7-14,47H2,1-6H3,(H2,48,65)(H2,49,66)(H,50,77)(H,51,78)(H,52,79)(H,53,73)(H,54,74)(H,55,75)(H,56,76)(H,57,71)(H,58,72)(H,59,80)(H,60,81)(H,67,68)(H,69,70)(H,82,83)/t15-,16-,17+,18+,19+,20+,21-,22-,23-,24-,25-,26-,31-,32-,33-,34-/m0/s1. The number of carbonyl (C=O) groups excluding carboxylic acids is 13. The van der Waals surface area contributed by atoms with Crippen molar-refractivity contribution in [2.24, 2.45) is 17.2 Å². The smallest absolute Gasteiger partial charge is 0.327 e. The van der Waals surface area contributed by atoms with E-state index < -0.39 is 242 Å². The maximum atomic E-state index is 13.7. The van der Waals surface area contributed by atoms with Gasteiger partial charge in [-0.2, -0.15) is 25.3 Å². The Labute approximate surface area is 495 Å². The number of thiol groups is 2. The Morgan fingerprint density at radius 3 is 0.894 bits per heavy atom. The van der Waals surface area contributed by atoms with Gasteiger partial charge >= 0.3 is 17.9 Å². The van der Waals surface area contributed by atoms with Crippen LogP contribution in [0.25, 0.3) is 0 Å². The summed E-state index contributed by atoms with van der Waals surface area (Å²) in [6.45, 7) is 6.37. The number of aliphatic hydroxyl groups excluding tert-OH is 4. The summed E-state index contributed by atoms with van der Waals surface area (Å²) in [5, 5.41) is 92.7. The number of nitrogens with one attached hydrogen (secondary N) is 11. The fraction of sp³-hybridized carbons (Fsp3) is 0.652. The quantitative estimate of drug-likeness (QED) is 0.0254. The Balaban J connectivity index is 6.42. The molecule has 39 heteroatoms. The third-order valence-corrected chi connectivity index (χ3v) is 12.4. The molecule has 85 heavy (non-hydrogen) atoms. The van der Waals surface area contributed by atoms with Crippen LogP contribution >= 0.6 is 25.3 Å². The van der Waals surface area contributed by atoms with Crippen LogP contribution in [0.3, 0.4) is 0 Å². The lowest BCUT2D eigenvalue weighted by Crippen LogP contribution is -2.63. The summed E-state index contributed by atoms with van der Waals surface area (Å²) in [4.78, 5) is 205. The van der Waals surface area contributed by atoms with Crippen molar-refractivity contribution in [1.82, 2.24) is 58.5 Å². The van der Waals surface area contributed by atoms with E-state index in [1.54, 1.807) is 0 Å². The first-order valence-corrected chi connectivity index (χ1v) is 26.8. The lowest BCUT2D eigenvalue weighted by molar-refractivity contribution is -0.142. The van der Waals surface area contributed by atoms with Gasteiger partial charge in [-0.1, -0.05) is 0 Å². The van der Waals surface area contributed by atoms with Crippen LogP contribution in [0.4, 0.5) is 0 Å². The van der Waals surface area contributed by atoms with Gasteiger partial charge in [0.1, 0.15) is 66.5 Å². The number of carboxylic acid groups (broad SMARTS) is 3. The summed E-state index contributed by atoms with van der Waals surface area (Å²) in [5.74, 6) is -21.9. The van der Waals surface area contributed by atoms with Crippen molar-refractivity contribution in [3.05, 3.63) is 0 Å². The molecule has 0 aromatic rings. The monoisotopic (exact) mass is 1260 g/mol. The lowest BCUT2D eigenvalue weighted by atomic mass is 10.1. The average molecular weight is 1260 g/mol. The number of aliphatic carboxylic acids is 3. The highest BCUT2D eigenvalue weighted by molar-refractivity contribution is 7.80. The molecule has 0 aromatic heterocycles. The van der Waals surface area contributed by atoms with Gasteiger partial charge in [0.25, 0.3) is 0 Å². The van der Waals surface area contributed by atoms with Crippen molar-refractivity contribution in [2.45, 2.75) is 177 Å². The van der Waals surface area contributed by atoms with E-state index in [1.807, 2.05) is 10.6 Å². The molecule has 0 saturated heterocycles. The van der Waals surface area contributed by atoms with Crippen LogP contribution in [-0.2, 0) is 76.7 Å². The molecular weight excluding hydrogens is 1180 g/mol. The molecule has 0 bridgehead atoms. The van der Waals surface area contributed by atoms with Gasteiger partial charge in [-0.3, -0.25) is 71.9 Å². The molecule has 24 N–H and O–H groups in total. The van der Waals surface area contributed by atoms with Crippen molar-refractivity contribution in [2.75, 3.05) is 11.5 Å². The molecule has 0 aromatic carbocycles. The Hall–Kier alpha value is -7.98. The van der Waals surface area contributed by atoms with E-state index in [0.717, 1.165) is 34.6 Å². The van der Waals surface area contributed by atoms with E-state index in [4.69, 9.17) is 17.2 Å². The zero-order chi connectivity index (χ0) is 65.9. The van der Waals surface area contributed by atoms with Crippen LogP contribution in [0, 0.1) is 0 Å². The summed E-state index contributed by atoms with van der Waals surface area (Å²) >= 11 is 7.83. The number of carboxylic acids is 3. The first-order chi connectivity index (χ1) is 39.3. The lowest BCUT2D eigenvalue weighted by Gasteiger charge is -2.29.